The molecule has 1 aromatic carbocycles. The molecule has 0 aliphatic rings. The molecule has 1 atom stereocenters. The predicted molar refractivity (Wildman–Crippen MR) is 68.4 cm³/mol. The van der Waals surface area contributed by atoms with Crippen molar-refractivity contribution < 1.29 is 36.6 Å². The molecule has 0 saturated heterocycles. The molecule has 0 saturated carbocycles. The van der Waals surface area contributed by atoms with Crippen LogP contribution in [0.15, 0.2) is 27.6 Å². The molecule has 1 aromatic rings. The monoisotopic (exact) mass is 391 g/mol. The first-order valence-corrected chi connectivity index (χ1v) is 7.50. The van der Waals surface area contributed by atoms with Gasteiger partial charge in [-0.3, -0.25) is 0 Å². The fourth-order valence-electron chi connectivity index (χ4n) is 1.22. The molecular weight excluding hydrogens is 383 g/mol. The van der Waals surface area contributed by atoms with Crippen LogP contribution >= 0.6 is 15.9 Å². The SMILES string of the molecule is O=C(O)c1cc(S(=O)(=O)NCC(O)C(F)(F)F)ccc1Br. The molecule has 0 fully saturated rings. The van der Waals surface area contributed by atoms with Gasteiger partial charge in [0.05, 0.1) is 10.5 Å². The van der Waals surface area contributed by atoms with Gasteiger partial charge in [0.1, 0.15) is 0 Å². The number of carbonyl (C=O) groups is 1. The van der Waals surface area contributed by atoms with E-state index in [4.69, 9.17) is 10.2 Å². The quantitative estimate of drug-likeness (QED) is 0.702. The topological polar surface area (TPSA) is 104 Å². The summed E-state index contributed by atoms with van der Waals surface area (Å²) < 4.78 is 61.4. The fourth-order valence-corrected chi connectivity index (χ4v) is 2.70. The number of aliphatic hydroxyl groups excluding tert-OH is 1. The summed E-state index contributed by atoms with van der Waals surface area (Å²) in [6, 6.07) is 2.94. The van der Waals surface area contributed by atoms with Gasteiger partial charge in [-0.15, -0.1) is 0 Å². The van der Waals surface area contributed by atoms with E-state index in [0.717, 1.165) is 18.2 Å². The maximum atomic E-state index is 12.1. The number of aromatic carboxylic acids is 1. The fraction of sp³-hybridized carbons (Fsp3) is 0.300. The number of alkyl halides is 3. The van der Waals surface area contributed by atoms with Crippen LogP contribution in [0.25, 0.3) is 0 Å². The lowest BCUT2D eigenvalue weighted by molar-refractivity contribution is -0.200. The van der Waals surface area contributed by atoms with Crippen LogP contribution in [-0.2, 0) is 10.0 Å². The number of hydrogen-bond acceptors (Lipinski definition) is 4. The molecule has 0 heterocycles. The minimum atomic E-state index is -4.96. The van der Waals surface area contributed by atoms with E-state index in [9.17, 15) is 26.4 Å². The third kappa shape index (κ3) is 4.66. The van der Waals surface area contributed by atoms with E-state index in [-0.39, 0.29) is 10.0 Å². The lowest BCUT2D eigenvalue weighted by Gasteiger charge is -2.15. The molecule has 0 aliphatic heterocycles. The van der Waals surface area contributed by atoms with Crippen LogP contribution in [0.4, 0.5) is 13.2 Å². The van der Waals surface area contributed by atoms with Gasteiger partial charge in [-0.05, 0) is 34.1 Å². The number of carboxylic acids is 1. The molecule has 0 amide bonds. The smallest absolute Gasteiger partial charge is 0.415 e. The number of aliphatic hydroxyl groups is 1. The van der Waals surface area contributed by atoms with E-state index in [1.807, 2.05) is 0 Å². The summed E-state index contributed by atoms with van der Waals surface area (Å²) in [4.78, 5) is 10.3. The van der Waals surface area contributed by atoms with Gasteiger partial charge in [0, 0.05) is 11.0 Å². The number of halogens is 4. The highest BCUT2D eigenvalue weighted by Crippen LogP contribution is 2.22. The largest absolute Gasteiger partial charge is 0.478 e. The Morgan fingerprint density at radius 2 is 1.95 bits per heavy atom. The van der Waals surface area contributed by atoms with Crippen molar-refractivity contribution in [2.45, 2.75) is 17.2 Å². The first-order valence-electron chi connectivity index (χ1n) is 5.22. The Labute approximate surface area is 125 Å². The van der Waals surface area contributed by atoms with Crippen LogP contribution in [-0.4, -0.2) is 43.4 Å². The summed E-state index contributed by atoms with van der Waals surface area (Å²) in [5.41, 5.74) is -0.366. The molecule has 0 spiro atoms. The van der Waals surface area contributed by atoms with Crippen LogP contribution in [0.1, 0.15) is 10.4 Å². The minimum Gasteiger partial charge on any atom is -0.478 e. The molecule has 0 aliphatic carbocycles. The maximum absolute atomic E-state index is 12.1. The average molecular weight is 392 g/mol. The highest BCUT2D eigenvalue weighted by Gasteiger charge is 2.38. The molecule has 0 radical (unpaired) electrons. The Morgan fingerprint density at radius 1 is 1.38 bits per heavy atom. The van der Waals surface area contributed by atoms with Crippen LogP contribution in [0.2, 0.25) is 0 Å². The van der Waals surface area contributed by atoms with Gasteiger partial charge in [-0.25, -0.2) is 17.9 Å². The van der Waals surface area contributed by atoms with Gasteiger partial charge in [0.15, 0.2) is 6.10 Å². The molecule has 118 valence electrons. The Kier molecular flexibility index (Phi) is 5.36. The van der Waals surface area contributed by atoms with Crippen molar-refractivity contribution in [3.63, 3.8) is 0 Å². The molecule has 1 unspecified atom stereocenters. The van der Waals surface area contributed by atoms with Gasteiger partial charge >= 0.3 is 12.1 Å². The van der Waals surface area contributed by atoms with Crippen molar-refractivity contribution in [3.05, 3.63) is 28.2 Å². The zero-order valence-corrected chi connectivity index (χ0v) is 12.5. The van der Waals surface area contributed by atoms with E-state index in [1.54, 1.807) is 4.72 Å². The lowest BCUT2D eigenvalue weighted by atomic mass is 10.2. The Hall–Kier alpha value is -1.17. The van der Waals surface area contributed by atoms with Crippen LogP contribution in [0.5, 0.6) is 0 Å². The number of sulfonamides is 1. The Morgan fingerprint density at radius 3 is 2.43 bits per heavy atom. The summed E-state index contributed by atoms with van der Waals surface area (Å²) in [6.45, 7) is -1.27. The van der Waals surface area contributed by atoms with E-state index in [0.29, 0.717) is 0 Å². The van der Waals surface area contributed by atoms with Crippen LogP contribution in [0, 0.1) is 0 Å². The van der Waals surface area contributed by atoms with Crippen molar-refractivity contribution in [2.24, 2.45) is 0 Å². The molecule has 0 aromatic heterocycles. The van der Waals surface area contributed by atoms with Crippen molar-refractivity contribution >= 4 is 31.9 Å². The zero-order valence-electron chi connectivity index (χ0n) is 10.1. The molecule has 11 heteroatoms. The third-order valence-corrected chi connectivity index (χ3v) is 4.44. The second kappa shape index (κ2) is 6.30. The average Bonchev–Trinajstić information content (AvgIpc) is 2.34. The molecule has 6 nitrogen and oxygen atoms in total. The van der Waals surface area contributed by atoms with E-state index in [2.05, 4.69) is 15.9 Å². The number of benzene rings is 1. The zero-order chi connectivity index (χ0) is 16.4. The molecule has 0 bridgehead atoms. The number of rotatable bonds is 5. The van der Waals surface area contributed by atoms with E-state index >= 15 is 0 Å². The van der Waals surface area contributed by atoms with Crippen LogP contribution in [0.3, 0.4) is 0 Å². The molecule has 21 heavy (non-hydrogen) atoms. The first kappa shape index (κ1) is 17.9. The number of carboxylic acid groups (broad SMARTS) is 1. The highest BCUT2D eigenvalue weighted by molar-refractivity contribution is 9.10. The number of hydrogen-bond donors (Lipinski definition) is 3. The molecular formula is C10H9BrF3NO5S. The van der Waals surface area contributed by atoms with Gasteiger partial charge in [0.2, 0.25) is 10.0 Å². The predicted octanol–water partition coefficient (Wildman–Crippen LogP) is 1.35. The third-order valence-electron chi connectivity index (χ3n) is 2.32. The van der Waals surface area contributed by atoms with Gasteiger partial charge in [0.25, 0.3) is 0 Å². The summed E-state index contributed by atoms with van der Waals surface area (Å²) in [5, 5.41) is 17.6. The Bertz CT molecular complexity index is 647. The maximum Gasteiger partial charge on any atom is 0.415 e. The van der Waals surface area contributed by atoms with Crippen molar-refractivity contribution in [2.75, 3.05) is 6.54 Å². The van der Waals surface area contributed by atoms with Gasteiger partial charge in [-0.2, -0.15) is 13.2 Å². The normalized spacial score (nSPS) is 14.0. The molecule has 3 N–H and O–H groups in total. The summed E-state index contributed by atoms with van der Waals surface area (Å²) in [5.74, 6) is -1.41. The first-order chi connectivity index (χ1) is 9.45. The lowest BCUT2D eigenvalue weighted by Crippen LogP contribution is -2.40. The summed E-state index contributed by atoms with van der Waals surface area (Å²) in [7, 11) is -4.38. The molecule has 1 rings (SSSR count). The van der Waals surface area contributed by atoms with Crippen molar-refractivity contribution in [1.29, 1.82) is 0 Å². The second-order valence-corrected chi connectivity index (χ2v) is 6.48. The Balaban J connectivity index is 2.99. The van der Waals surface area contributed by atoms with Gasteiger partial charge < -0.3 is 10.2 Å². The minimum absolute atomic E-state index is 0.115. The van der Waals surface area contributed by atoms with Crippen LogP contribution < -0.4 is 4.72 Å². The van der Waals surface area contributed by atoms with Crippen molar-refractivity contribution in [1.82, 2.24) is 4.72 Å². The summed E-state index contributed by atoms with van der Waals surface area (Å²) in [6.07, 6.45) is -7.82. The standard InChI is InChI=1S/C10H9BrF3NO5S/c11-7-2-1-5(3-6(7)9(17)18)21(19,20)15-4-8(16)10(12,13)14/h1-3,8,15-16H,4H2,(H,17,18). The second-order valence-electron chi connectivity index (χ2n) is 3.86. The van der Waals surface area contributed by atoms with Gasteiger partial charge in [-0.1, -0.05) is 0 Å². The highest BCUT2D eigenvalue weighted by atomic mass is 79.9. The van der Waals surface area contributed by atoms with E-state index < -0.39 is 39.7 Å². The van der Waals surface area contributed by atoms with Crippen molar-refractivity contribution in [3.8, 4) is 0 Å². The summed E-state index contributed by atoms with van der Waals surface area (Å²) >= 11 is 2.90. The number of nitrogens with one attached hydrogen (secondary N) is 1. The van der Waals surface area contributed by atoms with E-state index in [1.165, 1.54) is 0 Å².